The number of carboxylic acid groups (broad SMARTS) is 1. The average Bonchev–Trinajstić information content (AvgIpc) is 3.46. The lowest BCUT2D eigenvalue weighted by molar-refractivity contribution is -0.138. The van der Waals surface area contributed by atoms with Crippen molar-refractivity contribution in [2.45, 2.75) is 18.9 Å². The molecule has 1 atom stereocenters. The molecule has 0 saturated heterocycles. The summed E-state index contributed by atoms with van der Waals surface area (Å²) < 4.78 is 11.4. The molecule has 0 radical (unpaired) electrons. The third kappa shape index (κ3) is 3.08. The highest BCUT2D eigenvalue weighted by atomic mass is 35.5. The monoisotopic (exact) mass is 453 g/mol. The minimum absolute atomic E-state index is 0.0574. The van der Waals surface area contributed by atoms with Crippen molar-refractivity contribution in [2.24, 2.45) is 5.92 Å². The van der Waals surface area contributed by atoms with Gasteiger partial charge in [0.2, 0.25) is 0 Å². The first kappa shape index (κ1) is 19.1. The zero-order valence-corrected chi connectivity index (χ0v) is 17.6. The first-order chi connectivity index (χ1) is 15.5. The van der Waals surface area contributed by atoms with E-state index < -0.39 is 12.0 Å². The zero-order valence-electron chi connectivity index (χ0n) is 16.9. The Hall–Kier alpha value is -3.59. The Morgan fingerprint density at radius 1 is 1.31 bits per heavy atom. The van der Waals surface area contributed by atoms with Gasteiger partial charge in [-0.1, -0.05) is 11.6 Å². The number of aromatic nitrogens is 2. The SMILES string of the molecule is Nc1nc2cc(-c3[nH]c4cc(N[C@H](C(=O)O)C5CC5)cc5c4c3NCCO5)cc(Cl)c2o1. The number of fused-ring (bicyclic) bond motifs is 1. The van der Waals surface area contributed by atoms with Crippen LogP contribution in [0.1, 0.15) is 12.8 Å². The van der Waals surface area contributed by atoms with Crippen molar-refractivity contribution in [1.29, 1.82) is 0 Å². The third-order valence-electron chi connectivity index (χ3n) is 5.95. The van der Waals surface area contributed by atoms with Gasteiger partial charge < -0.3 is 35.6 Å². The van der Waals surface area contributed by atoms with Crippen LogP contribution in [0.5, 0.6) is 5.75 Å². The van der Waals surface area contributed by atoms with E-state index in [4.69, 9.17) is 26.5 Å². The van der Waals surface area contributed by atoms with Gasteiger partial charge in [-0.25, -0.2) is 4.79 Å². The minimum Gasteiger partial charge on any atom is -0.491 e. The molecule has 0 amide bonds. The normalized spacial score (nSPS) is 16.4. The van der Waals surface area contributed by atoms with Crippen molar-refractivity contribution in [3.8, 4) is 17.0 Å². The molecule has 10 heteroatoms. The van der Waals surface area contributed by atoms with Crippen LogP contribution in [0.25, 0.3) is 33.3 Å². The van der Waals surface area contributed by atoms with E-state index in [0.717, 1.165) is 40.7 Å². The number of nitrogens with zero attached hydrogens (tertiary/aromatic N) is 1. The van der Waals surface area contributed by atoms with Gasteiger partial charge in [0.25, 0.3) is 6.01 Å². The molecule has 2 aliphatic rings. The quantitative estimate of drug-likeness (QED) is 0.301. The number of hydrogen-bond donors (Lipinski definition) is 5. The van der Waals surface area contributed by atoms with Crippen LogP contribution in [0, 0.1) is 5.92 Å². The Morgan fingerprint density at radius 2 is 2.16 bits per heavy atom. The number of carbonyl (C=O) groups is 1. The molecule has 9 nitrogen and oxygen atoms in total. The van der Waals surface area contributed by atoms with E-state index in [1.807, 2.05) is 18.2 Å². The van der Waals surface area contributed by atoms with Gasteiger partial charge in [0, 0.05) is 23.9 Å². The number of aliphatic carboxylic acids is 1. The predicted octanol–water partition coefficient (Wildman–Crippen LogP) is 4.29. The number of benzene rings is 2. The Bertz CT molecular complexity index is 1390. The molecule has 1 aliphatic carbocycles. The highest BCUT2D eigenvalue weighted by molar-refractivity contribution is 6.35. The van der Waals surface area contributed by atoms with Crippen LogP contribution in [0.2, 0.25) is 5.02 Å². The third-order valence-corrected chi connectivity index (χ3v) is 6.24. The number of carboxylic acids is 1. The molecule has 6 rings (SSSR count). The van der Waals surface area contributed by atoms with Crippen LogP contribution < -0.4 is 21.1 Å². The number of anilines is 3. The summed E-state index contributed by atoms with van der Waals surface area (Å²) in [6.07, 6.45) is 1.85. The fourth-order valence-corrected chi connectivity index (χ4v) is 4.62. The van der Waals surface area contributed by atoms with E-state index in [9.17, 15) is 9.90 Å². The lowest BCUT2D eigenvalue weighted by Crippen LogP contribution is -2.31. The van der Waals surface area contributed by atoms with Gasteiger partial charge in [0.1, 0.15) is 23.9 Å². The fourth-order valence-electron chi connectivity index (χ4n) is 4.37. The van der Waals surface area contributed by atoms with Gasteiger partial charge in [-0.2, -0.15) is 4.98 Å². The molecule has 2 aromatic heterocycles. The first-order valence-electron chi connectivity index (χ1n) is 10.4. The van der Waals surface area contributed by atoms with E-state index >= 15 is 0 Å². The molecule has 1 saturated carbocycles. The molecule has 0 bridgehead atoms. The van der Waals surface area contributed by atoms with Gasteiger partial charge in [0.05, 0.1) is 27.3 Å². The molecule has 1 fully saturated rings. The summed E-state index contributed by atoms with van der Waals surface area (Å²) in [4.78, 5) is 19.4. The molecular weight excluding hydrogens is 434 g/mol. The van der Waals surface area contributed by atoms with Crippen molar-refractivity contribution in [3.63, 3.8) is 0 Å². The largest absolute Gasteiger partial charge is 0.491 e. The van der Waals surface area contributed by atoms with E-state index in [1.54, 1.807) is 6.07 Å². The number of hydrogen-bond acceptors (Lipinski definition) is 7. The molecule has 3 heterocycles. The molecule has 4 aromatic rings. The Labute approximate surface area is 186 Å². The first-order valence-corrected chi connectivity index (χ1v) is 10.8. The summed E-state index contributed by atoms with van der Waals surface area (Å²) in [6.45, 7) is 1.10. The summed E-state index contributed by atoms with van der Waals surface area (Å²) in [5.41, 5.74) is 10.8. The number of nitrogens with two attached hydrogens (primary N) is 1. The van der Waals surface area contributed by atoms with Crippen LogP contribution in [-0.2, 0) is 4.79 Å². The molecule has 6 N–H and O–H groups in total. The number of aromatic amines is 1. The zero-order chi connectivity index (χ0) is 22.0. The number of nitrogen functional groups attached to an aromatic ring is 1. The minimum atomic E-state index is -0.844. The van der Waals surface area contributed by atoms with Crippen LogP contribution >= 0.6 is 11.6 Å². The molecule has 2 aromatic carbocycles. The van der Waals surface area contributed by atoms with Crippen molar-refractivity contribution >= 4 is 57.0 Å². The van der Waals surface area contributed by atoms with Crippen molar-refractivity contribution in [2.75, 3.05) is 29.5 Å². The Kier molecular flexibility index (Phi) is 4.16. The van der Waals surface area contributed by atoms with E-state index in [-0.39, 0.29) is 11.9 Å². The number of oxazole rings is 1. The summed E-state index contributed by atoms with van der Waals surface area (Å²) in [5.74, 6) is -0.00234. The smallest absolute Gasteiger partial charge is 0.326 e. The maximum atomic E-state index is 11.7. The van der Waals surface area contributed by atoms with Gasteiger partial charge >= 0.3 is 5.97 Å². The van der Waals surface area contributed by atoms with Crippen LogP contribution in [0.15, 0.2) is 28.7 Å². The van der Waals surface area contributed by atoms with E-state index in [2.05, 4.69) is 20.6 Å². The second-order valence-electron chi connectivity index (χ2n) is 8.20. The molecule has 0 unspecified atom stereocenters. The summed E-state index contributed by atoms with van der Waals surface area (Å²) >= 11 is 6.43. The van der Waals surface area contributed by atoms with Crippen LogP contribution in [0.3, 0.4) is 0 Å². The molecular formula is C22H20ClN5O4. The van der Waals surface area contributed by atoms with Crippen molar-refractivity contribution in [1.82, 2.24) is 9.97 Å². The standard InChI is InChI=1S/C22H20ClN5O4/c23-12-5-10(6-14-20(12)32-22(24)28-14)17-19-16-13(27-17)7-11(8-15(16)31-4-3-25-19)26-18(21(29)30)9-1-2-9/h5-9,18,25-27H,1-4H2,(H2,24,28)(H,29,30)/t18-/m0/s1. The average molecular weight is 454 g/mol. The fraction of sp³-hybridized carbons (Fsp3) is 0.273. The molecule has 164 valence electrons. The van der Waals surface area contributed by atoms with Gasteiger partial charge in [0.15, 0.2) is 5.58 Å². The van der Waals surface area contributed by atoms with Gasteiger partial charge in [-0.15, -0.1) is 0 Å². The molecule has 32 heavy (non-hydrogen) atoms. The Balaban J connectivity index is 1.49. The van der Waals surface area contributed by atoms with Gasteiger partial charge in [-0.05, 0) is 37.0 Å². The number of halogens is 1. The summed E-state index contributed by atoms with van der Waals surface area (Å²) in [5, 5.41) is 17.5. The second kappa shape index (κ2) is 6.96. The number of nitrogens with one attached hydrogen (secondary N) is 3. The second-order valence-corrected chi connectivity index (χ2v) is 8.61. The van der Waals surface area contributed by atoms with E-state index in [1.165, 1.54) is 0 Å². The van der Waals surface area contributed by atoms with E-state index in [0.29, 0.717) is 40.7 Å². The number of H-pyrrole nitrogens is 1. The predicted molar refractivity (Wildman–Crippen MR) is 122 cm³/mol. The molecule has 0 spiro atoms. The lowest BCUT2D eigenvalue weighted by Gasteiger charge is -2.16. The topological polar surface area (TPSA) is 138 Å². The number of rotatable bonds is 5. The highest BCUT2D eigenvalue weighted by Gasteiger charge is 2.36. The maximum Gasteiger partial charge on any atom is 0.326 e. The van der Waals surface area contributed by atoms with Crippen LogP contribution in [0.4, 0.5) is 17.4 Å². The number of ether oxygens (including phenoxy) is 1. The molecule has 1 aliphatic heterocycles. The van der Waals surface area contributed by atoms with Crippen molar-refractivity contribution in [3.05, 3.63) is 29.3 Å². The van der Waals surface area contributed by atoms with Gasteiger partial charge in [-0.3, -0.25) is 0 Å². The van der Waals surface area contributed by atoms with Crippen LogP contribution in [-0.4, -0.2) is 40.2 Å². The summed E-state index contributed by atoms with van der Waals surface area (Å²) in [7, 11) is 0. The lowest BCUT2D eigenvalue weighted by atomic mass is 10.1. The van der Waals surface area contributed by atoms with Crippen molar-refractivity contribution < 1.29 is 19.1 Å². The highest BCUT2D eigenvalue weighted by Crippen LogP contribution is 2.44. The maximum absolute atomic E-state index is 11.7. The Morgan fingerprint density at radius 3 is 2.94 bits per heavy atom. The summed E-state index contributed by atoms with van der Waals surface area (Å²) in [6, 6.07) is 6.88.